The second-order valence-corrected chi connectivity index (χ2v) is 4.37. The number of benzene rings is 1. The van der Waals surface area contributed by atoms with Crippen molar-refractivity contribution >= 4 is 5.91 Å². The summed E-state index contributed by atoms with van der Waals surface area (Å²) in [4.78, 5) is 13.8. The summed E-state index contributed by atoms with van der Waals surface area (Å²) in [5.41, 5.74) is 0.407. The van der Waals surface area contributed by atoms with Crippen LogP contribution in [0.25, 0.3) is 0 Å². The molecule has 1 fully saturated rings. The van der Waals surface area contributed by atoms with E-state index < -0.39 is 5.82 Å². The molecule has 0 unspecified atom stereocenters. The maximum absolute atomic E-state index is 13.2. The Bertz CT molecular complexity index is 442. The minimum atomic E-state index is -0.483. The zero-order valence-electron chi connectivity index (χ0n) is 10.2. The van der Waals surface area contributed by atoms with Gasteiger partial charge in [-0.1, -0.05) is 0 Å². The monoisotopic (exact) mass is 253 g/mol. The van der Waals surface area contributed by atoms with Gasteiger partial charge in [0.25, 0.3) is 5.91 Å². The van der Waals surface area contributed by atoms with Gasteiger partial charge in [0.2, 0.25) is 0 Å². The third-order valence-electron chi connectivity index (χ3n) is 3.15. The summed E-state index contributed by atoms with van der Waals surface area (Å²) >= 11 is 0. The SMILES string of the molecule is COc1cc(C(=O)N2CCC(O)CC2)ccc1F. The number of piperidine rings is 1. The van der Waals surface area contributed by atoms with E-state index in [0.29, 0.717) is 31.5 Å². The van der Waals surface area contributed by atoms with E-state index in [0.717, 1.165) is 0 Å². The number of likely N-dealkylation sites (tertiary alicyclic amines) is 1. The summed E-state index contributed by atoms with van der Waals surface area (Å²) in [7, 11) is 1.37. The number of hydrogen-bond acceptors (Lipinski definition) is 3. The first-order valence-corrected chi connectivity index (χ1v) is 5.92. The van der Waals surface area contributed by atoms with Crippen molar-refractivity contribution < 1.29 is 19.0 Å². The molecule has 2 rings (SSSR count). The van der Waals surface area contributed by atoms with Crippen LogP contribution in [0, 0.1) is 5.82 Å². The Hall–Kier alpha value is -1.62. The van der Waals surface area contributed by atoms with Crippen molar-refractivity contribution in [1.82, 2.24) is 4.90 Å². The van der Waals surface area contributed by atoms with Gasteiger partial charge in [-0.2, -0.15) is 0 Å². The summed E-state index contributed by atoms with van der Waals surface area (Å²) in [5.74, 6) is -0.568. The lowest BCUT2D eigenvalue weighted by Gasteiger charge is -2.29. The number of nitrogens with zero attached hydrogens (tertiary/aromatic N) is 1. The molecule has 98 valence electrons. The lowest BCUT2D eigenvalue weighted by molar-refractivity contribution is 0.0546. The molecular weight excluding hydrogens is 237 g/mol. The maximum Gasteiger partial charge on any atom is 0.253 e. The first kappa shape index (κ1) is 12.8. The summed E-state index contributed by atoms with van der Waals surface area (Å²) < 4.78 is 18.1. The van der Waals surface area contributed by atoms with Gasteiger partial charge in [0.15, 0.2) is 11.6 Å². The molecule has 0 aromatic heterocycles. The highest BCUT2D eigenvalue weighted by molar-refractivity contribution is 5.94. The van der Waals surface area contributed by atoms with Gasteiger partial charge >= 0.3 is 0 Å². The second-order valence-electron chi connectivity index (χ2n) is 4.37. The molecule has 1 aromatic rings. The number of carbonyl (C=O) groups excluding carboxylic acids is 1. The van der Waals surface area contributed by atoms with E-state index in [9.17, 15) is 14.3 Å². The number of carbonyl (C=O) groups is 1. The van der Waals surface area contributed by atoms with Crippen LogP contribution in [0.5, 0.6) is 5.75 Å². The zero-order valence-corrected chi connectivity index (χ0v) is 10.2. The Balaban J connectivity index is 2.13. The number of aliphatic hydroxyl groups excluding tert-OH is 1. The first-order valence-electron chi connectivity index (χ1n) is 5.92. The van der Waals surface area contributed by atoms with Crippen molar-refractivity contribution in [2.75, 3.05) is 20.2 Å². The topological polar surface area (TPSA) is 49.8 Å². The molecule has 1 amide bonds. The lowest BCUT2D eigenvalue weighted by Crippen LogP contribution is -2.40. The van der Waals surface area contributed by atoms with Crippen molar-refractivity contribution in [3.63, 3.8) is 0 Å². The van der Waals surface area contributed by atoms with Crippen LogP contribution in [0.2, 0.25) is 0 Å². The fraction of sp³-hybridized carbons (Fsp3) is 0.462. The Morgan fingerprint density at radius 3 is 2.72 bits per heavy atom. The Morgan fingerprint density at radius 2 is 2.11 bits per heavy atom. The van der Waals surface area contributed by atoms with Crippen LogP contribution in [0.1, 0.15) is 23.2 Å². The van der Waals surface area contributed by atoms with E-state index >= 15 is 0 Å². The number of aliphatic hydroxyl groups is 1. The van der Waals surface area contributed by atoms with Gasteiger partial charge in [0, 0.05) is 18.7 Å². The maximum atomic E-state index is 13.2. The van der Waals surface area contributed by atoms with E-state index in [4.69, 9.17) is 4.74 Å². The van der Waals surface area contributed by atoms with Crippen molar-refractivity contribution in [3.05, 3.63) is 29.6 Å². The van der Waals surface area contributed by atoms with Crippen LogP contribution in [0.15, 0.2) is 18.2 Å². The predicted molar refractivity (Wildman–Crippen MR) is 64.1 cm³/mol. The third kappa shape index (κ3) is 2.61. The van der Waals surface area contributed by atoms with Crippen LogP contribution in [0.3, 0.4) is 0 Å². The fourth-order valence-corrected chi connectivity index (χ4v) is 2.04. The van der Waals surface area contributed by atoms with Gasteiger partial charge in [0.1, 0.15) is 0 Å². The number of rotatable bonds is 2. The van der Waals surface area contributed by atoms with Crippen LogP contribution >= 0.6 is 0 Å². The van der Waals surface area contributed by atoms with Crippen molar-refractivity contribution in [1.29, 1.82) is 0 Å². The molecule has 1 aliphatic rings. The molecule has 1 aliphatic heterocycles. The van der Waals surface area contributed by atoms with Crippen LogP contribution < -0.4 is 4.74 Å². The van der Waals surface area contributed by atoms with Crippen molar-refractivity contribution in [2.45, 2.75) is 18.9 Å². The molecule has 0 aliphatic carbocycles. The average Bonchev–Trinajstić information content (AvgIpc) is 2.39. The molecule has 0 saturated carbocycles. The fourth-order valence-electron chi connectivity index (χ4n) is 2.04. The van der Waals surface area contributed by atoms with E-state index in [-0.39, 0.29) is 17.8 Å². The molecule has 1 aromatic carbocycles. The molecule has 1 saturated heterocycles. The van der Waals surface area contributed by atoms with Crippen molar-refractivity contribution in [2.24, 2.45) is 0 Å². The number of hydrogen-bond donors (Lipinski definition) is 1. The smallest absolute Gasteiger partial charge is 0.253 e. The molecule has 1 N–H and O–H groups in total. The first-order chi connectivity index (χ1) is 8.61. The Kier molecular flexibility index (Phi) is 3.81. The van der Waals surface area contributed by atoms with Gasteiger partial charge in [-0.15, -0.1) is 0 Å². The summed E-state index contributed by atoms with van der Waals surface area (Å²) in [5, 5.41) is 9.39. The number of ether oxygens (including phenoxy) is 1. The minimum absolute atomic E-state index is 0.0675. The van der Waals surface area contributed by atoms with Gasteiger partial charge in [-0.25, -0.2) is 4.39 Å². The van der Waals surface area contributed by atoms with E-state index in [2.05, 4.69) is 0 Å². The highest BCUT2D eigenvalue weighted by Gasteiger charge is 2.22. The Labute approximate surface area is 105 Å². The molecule has 18 heavy (non-hydrogen) atoms. The zero-order chi connectivity index (χ0) is 13.1. The van der Waals surface area contributed by atoms with Gasteiger partial charge in [-0.3, -0.25) is 4.79 Å². The van der Waals surface area contributed by atoms with Gasteiger partial charge < -0.3 is 14.7 Å². The van der Waals surface area contributed by atoms with Crippen LogP contribution in [0.4, 0.5) is 4.39 Å². The van der Waals surface area contributed by atoms with E-state index in [1.165, 1.54) is 25.3 Å². The lowest BCUT2D eigenvalue weighted by atomic mass is 10.1. The molecule has 1 heterocycles. The van der Waals surface area contributed by atoms with Crippen molar-refractivity contribution in [3.8, 4) is 5.75 Å². The minimum Gasteiger partial charge on any atom is -0.494 e. The van der Waals surface area contributed by atoms with Crippen LogP contribution in [-0.4, -0.2) is 42.2 Å². The predicted octanol–water partition coefficient (Wildman–Crippen LogP) is 1.43. The second kappa shape index (κ2) is 5.35. The Morgan fingerprint density at radius 1 is 1.44 bits per heavy atom. The number of amides is 1. The molecule has 0 atom stereocenters. The normalized spacial score (nSPS) is 16.7. The molecular formula is C13H16FNO3. The van der Waals surface area contributed by atoms with Gasteiger partial charge in [0.05, 0.1) is 13.2 Å². The standard InChI is InChI=1S/C13H16FNO3/c1-18-12-8-9(2-3-11(12)14)13(17)15-6-4-10(16)5-7-15/h2-3,8,10,16H,4-7H2,1H3. The summed E-state index contributed by atoms with van der Waals surface area (Å²) in [6, 6.07) is 4.08. The summed E-state index contributed by atoms with van der Waals surface area (Å²) in [6.45, 7) is 1.05. The van der Waals surface area contributed by atoms with Crippen LogP contribution in [-0.2, 0) is 0 Å². The molecule has 5 heteroatoms. The average molecular weight is 253 g/mol. The number of halogens is 1. The summed E-state index contributed by atoms with van der Waals surface area (Å²) in [6.07, 6.45) is 0.852. The quantitative estimate of drug-likeness (QED) is 0.867. The van der Waals surface area contributed by atoms with Gasteiger partial charge in [-0.05, 0) is 31.0 Å². The highest BCUT2D eigenvalue weighted by Crippen LogP contribution is 2.20. The molecule has 0 radical (unpaired) electrons. The molecule has 0 spiro atoms. The molecule has 0 bridgehead atoms. The number of methoxy groups -OCH3 is 1. The van der Waals surface area contributed by atoms with E-state index in [1.54, 1.807) is 4.90 Å². The van der Waals surface area contributed by atoms with E-state index in [1.807, 2.05) is 0 Å². The highest BCUT2D eigenvalue weighted by atomic mass is 19.1. The molecule has 4 nitrogen and oxygen atoms in total. The third-order valence-corrected chi connectivity index (χ3v) is 3.15. The largest absolute Gasteiger partial charge is 0.494 e.